The van der Waals surface area contributed by atoms with Crippen LogP contribution in [0.25, 0.3) is 0 Å². The summed E-state index contributed by atoms with van der Waals surface area (Å²) in [5.41, 5.74) is 0.166. The fourth-order valence-corrected chi connectivity index (χ4v) is 1.35. The van der Waals surface area contributed by atoms with Crippen molar-refractivity contribution >= 4 is 5.91 Å². The van der Waals surface area contributed by atoms with Crippen molar-refractivity contribution in [2.75, 3.05) is 0 Å². The first kappa shape index (κ1) is 6.70. The Bertz CT molecular complexity index is 270. The first-order valence-corrected chi connectivity index (χ1v) is 4.18. The molecule has 1 fully saturated rings. The molecule has 1 rings (SSSR count). The molecule has 2 heteroatoms. The van der Waals surface area contributed by atoms with Crippen LogP contribution in [0.15, 0.2) is 12.3 Å². The van der Waals surface area contributed by atoms with Crippen molar-refractivity contribution in [1.29, 1.82) is 0 Å². The summed E-state index contributed by atoms with van der Waals surface area (Å²) in [7, 11) is 0. The minimum absolute atomic E-state index is 0.260. The van der Waals surface area contributed by atoms with Crippen LogP contribution in [0.3, 0.4) is 0 Å². The number of allylic oxidation sites excluding steroid dienone is 1. The second-order valence-electron chi connectivity index (χ2n) is 4.30. The highest BCUT2D eigenvalue weighted by atomic mass is 16.2. The highest BCUT2D eigenvalue weighted by Gasteiger charge is 2.33. The van der Waals surface area contributed by atoms with Crippen LogP contribution in [0.4, 0.5) is 0 Å². The third-order valence-electron chi connectivity index (χ3n) is 2.06. The van der Waals surface area contributed by atoms with Crippen molar-refractivity contribution in [3.8, 4) is 0 Å². The molecule has 0 aromatic heterocycles. The summed E-state index contributed by atoms with van der Waals surface area (Å²) in [5, 5.41) is 0.848. The molecule has 0 aromatic rings. The number of carbonyl (C=O) groups excluding carboxylic acids is 1. The van der Waals surface area contributed by atoms with Crippen LogP contribution in [0.2, 0.25) is 1.41 Å². The zero-order chi connectivity index (χ0) is 11.1. The molecular formula is C10H17NO. The fourth-order valence-electron chi connectivity index (χ4n) is 1.35. The number of amides is 1. The van der Waals surface area contributed by atoms with Gasteiger partial charge in [0.15, 0.2) is 1.41 Å². The molecule has 2 unspecified atom stereocenters. The smallest absolute Gasteiger partial charge is 0.227 e. The molecule has 1 N–H and O–H groups in total. The van der Waals surface area contributed by atoms with E-state index >= 15 is 0 Å². The van der Waals surface area contributed by atoms with E-state index in [1.54, 1.807) is 0 Å². The van der Waals surface area contributed by atoms with Gasteiger partial charge in [-0.15, -0.1) is 0 Å². The average molecular weight is 169 g/mol. The van der Waals surface area contributed by atoms with Gasteiger partial charge in [0, 0.05) is 13.0 Å². The molecule has 0 saturated carbocycles. The minimum atomic E-state index is -0.461. The van der Waals surface area contributed by atoms with Crippen LogP contribution in [0.1, 0.15) is 35.0 Å². The van der Waals surface area contributed by atoms with E-state index in [9.17, 15) is 4.79 Å². The van der Waals surface area contributed by atoms with Crippen LogP contribution in [-0.2, 0) is 4.79 Å². The van der Waals surface area contributed by atoms with E-state index in [2.05, 4.69) is 6.58 Å². The minimum Gasteiger partial charge on any atom is -0.330 e. The molecule has 2 nitrogen and oxygen atoms in total. The van der Waals surface area contributed by atoms with E-state index in [-0.39, 0.29) is 11.3 Å². The molecule has 1 aliphatic rings. The van der Waals surface area contributed by atoms with Crippen molar-refractivity contribution in [3.63, 3.8) is 0 Å². The third-order valence-corrected chi connectivity index (χ3v) is 2.06. The first-order valence-electron chi connectivity index (χ1n) is 5.20. The standard InChI is InChI=1S/C10H17NO/c1-7-5-6-8(9(12)11-7)10(2,3)4/h8H,1,5-6H2,2-4H3,(H,11,12)/i6D/hD. The number of carbonyl (C=O) groups is 1. The number of rotatable bonds is 0. The van der Waals surface area contributed by atoms with Crippen molar-refractivity contribution < 1.29 is 7.58 Å². The zero-order valence-corrected chi connectivity index (χ0v) is 7.92. The van der Waals surface area contributed by atoms with E-state index < -0.39 is 12.3 Å². The lowest BCUT2D eigenvalue weighted by Crippen LogP contribution is -2.41. The van der Waals surface area contributed by atoms with Crippen LogP contribution < -0.4 is 5.31 Å². The van der Waals surface area contributed by atoms with Gasteiger partial charge in [-0.05, 0) is 18.2 Å². The van der Waals surface area contributed by atoms with Gasteiger partial charge in [0.25, 0.3) is 0 Å². The van der Waals surface area contributed by atoms with Gasteiger partial charge in [-0.1, -0.05) is 27.4 Å². The van der Waals surface area contributed by atoms with Crippen LogP contribution >= 0.6 is 0 Å². The molecule has 0 spiro atoms. The Kier molecular flexibility index (Phi) is 1.63. The summed E-state index contributed by atoms with van der Waals surface area (Å²) in [6, 6.07) is 0. The predicted octanol–water partition coefficient (Wildman–Crippen LogP) is 2.07. The maximum absolute atomic E-state index is 11.8. The summed E-state index contributed by atoms with van der Waals surface area (Å²) < 4.78 is 15.3. The number of piperidine rings is 1. The summed E-state index contributed by atoms with van der Waals surface area (Å²) >= 11 is 0. The number of nitrogens with one attached hydrogen (secondary N) is 1. The molecule has 2 atom stereocenters. The molecular weight excluding hydrogens is 150 g/mol. The van der Waals surface area contributed by atoms with Gasteiger partial charge in [0.05, 0.1) is 0 Å². The van der Waals surface area contributed by atoms with Crippen molar-refractivity contribution in [3.05, 3.63) is 12.3 Å². The maximum atomic E-state index is 11.8. The molecule has 1 aliphatic heterocycles. The average Bonchev–Trinajstić information content (AvgIpc) is 1.97. The van der Waals surface area contributed by atoms with E-state index in [0.717, 1.165) is 5.31 Å². The van der Waals surface area contributed by atoms with Crippen LogP contribution in [0, 0.1) is 11.3 Å². The van der Waals surface area contributed by atoms with Gasteiger partial charge in [-0.3, -0.25) is 4.79 Å². The molecule has 1 amide bonds. The Hall–Kier alpha value is -0.790. The Balaban J connectivity index is 2.96. The SMILES string of the molecule is [2H]C1CC(=C)N([2H])C(=O)C1C(C)(C)C. The highest BCUT2D eigenvalue weighted by molar-refractivity contribution is 5.82. The molecule has 12 heavy (non-hydrogen) atoms. The van der Waals surface area contributed by atoms with Crippen molar-refractivity contribution in [2.24, 2.45) is 11.3 Å². The number of hydrogen-bond acceptors (Lipinski definition) is 1. The molecule has 0 bridgehead atoms. The monoisotopic (exact) mass is 169 g/mol. The summed E-state index contributed by atoms with van der Waals surface area (Å²) in [4.78, 5) is 11.8. The third kappa shape index (κ3) is 1.87. The van der Waals surface area contributed by atoms with E-state index in [0.29, 0.717) is 12.1 Å². The second kappa shape index (κ2) is 2.92. The van der Waals surface area contributed by atoms with E-state index in [1.807, 2.05) is 20.8 Å². The fraction of sp³-hybridized carbons (Fsp3) is 0.700. The summed E-state index contributed by atoms with van der Waals surface area (Å²) in [6.45, 7) is 9.40. The lowest BCUT2D eigenvalue weighted by molar-refractivity contribution is -0.129. The van der Waals surface area contributed by atoms with Crippen molar-refractivity contribution in [2.45, 2.75) is 33.6 Å². The number of hydrogen-bond donors (Lipinski definition) is 1. The van der Waals surface area contributed by atoms with Crippen LogP contribution in [0.5, 0.6) is 0 Å². The van der Waals surface area contributed by atoms with Gasteiger partial charge in [0.2, 0.25) is 5.91 Å². The molecule has 1 heterocycles. The maximum Gasteiger partial charge on any atom is 0.227 e. The molecule has 68 valence electrons. The lowest BCUT2D eigenvalue weighted by atomic mass is 9.76. The summed E-state index contributed by atoms with van der Waals surface area (Å²) in [6.07, 6.45) is -0.0476. The Morgan fingerprint density at radius 1 is 1.75 bits per heavy atom. The van der Waals surface area contributed by atoms with E-state index in [4.69, 9.17) is 2.78 Å². The predicted molar refractivity (Wildman–Crippen MR) is 49.5 cm³/mol. The highest BCUT2D eigenvalue weighted by Crippen LogP contribution is 2.33. The summed E-state index contributed by atoms with van der Waals surface area (Å²) in [5.74, 6) is -0.695. The van der Waals surface area contributed by atoms with E-state index in [1.165, 1.54) is 0 Å². The second-order valence-corrected chi connectivity index (χ2v) is 4.30. The molecule has 1 saturated heterocycles. The molecule has 0 aliphatic carbocycles. The Morgan fingerprint density at radius 3 is 2.83 bits per heavy atom. The van der Waals surface area contributed by atoms with Gasteiger partial charge in [0.1, 0.15) is 0 Å². The molecule has 0 radical (unpaired) electrons. The molecule has 0 aromatic carbocycles. The van der Waals surface area contributed by atoms with Crippen molar-refractivity contribution in [1.82, 2.24) is 5.31 Å². The topological polar surface area (TPSA) is 29.1 Å². The zero-order valence-electron chi connectivity index (χ0n) is 9.92. The largest absolute Gasteiger partial charge is 0.330 e. The van der Waals surface area contributed by atoms with Gasteiger partial charge >= 0.3 is 0 Å². The van der Waals surface area contributed by atoms with Gasteiger partial charge in [-0.2, -0.15) is 0 Å². The Morgan fingerprint density at radius 2 is 2.33 bits per heavy atom. The van der Waals surface area contributed by atoms with Gasteiger partial charge < -0.3 is 5.31 Å². The Labute approximate surface area is 76.9 Å². The lowest BCUT2D eigenvalue weighted by Gasteiger charge is -2.33. The van der Waals surface area contributed by atoms with Gasteiger partial charge in [-0.25, -0.2) is 0 Å². The van der Waals surface area contributed by atoms with Crippen LogP contribution in [-0.4, -0.2) is 5.91 Å². The first-order chi connectivity index (χ1) is 6.25. The normalized spacial score (nSPS) is 34.8. The quantitative estimate of drug-likeness (QED) is 0.591.